The smallest absolute Gasteiger partial charge is 0.132 e. The SMILES string of the molecule is Cc1nc(NC2CCCCC2)cc(NC2CCCCC2)n1. The fraction of sp³-hybridized carbons (Fsp3) is 0.765. The van der Waals surface area contributed by atoms with Gasteiger partial charge in [-0.1, -0.05) is 38.5 Å². The number of aryl methyl sites for hydroxylation is 1. The maximum atomic E-state index is 4.56. The van der Waals surface area contributed by atoms with Crippen LogP contribution < -0.4 is 10.6 Å². The van der Waals surface area contributed by atoms with E-state index in [1.165, 1.54) is 64.2 Å². The summed E-state index contributed by atoms with van der Waals surface area (Å²) in [6, 6.07) is 3.28. The van der Waals surface area contributed by atoms with Gasteiger partial charge >= 0.3 is 0 Å². The molecule has 116 valence electrons. The van der Waals surface area contributed by atoms with E-state index in [9.17, 15) is 0 Å². The Morgan fingerprint density at radius 2 is 1.19 bits per heavy atom. The summed E-state index contributed by atoms with van der Waals surface area (Å²) < 4.78 is 0. The topological polar surface area (TPSA) is 49.8 Å². The standard InChI is InChI=1S/C17H28N4/c1-13-18-16(20-14-8-4-2-5-9-14)12-17(19-13)21-15-10-6-3-7-11-15/h12,14-15H,2-11H2,1H3,(H2,18,19,20,21). The minimum Gasteiger partial charge on any atom is -0.367 e. The summed E-state index contributed by atoms with van der Waals surface area (Å²) in [5.41, 5.74) is 0. The van der Waals surface area contributed by atoms with Crippen molar-refractivity contribution >= 4 is 11.6 Å². The van der Waals surface area contributed by atoms with Gasteiger partial charge in [-0.3, -0.25) is 0 Å². The van der Waals surface area contributed by atoms with Crippen LogP contribution in [0.15, 0.2) is 6.07 Å². The van der Waals surface area contributed by atoms with E-state index in [4.69, 9.17) is 0 Å². The molecule has 4 nitrogen and oxygen atoms in total. The number of nitrogens with zero attached hydrogens (tertiary/aromatic N) is 2. The first-order chi connectivity index (χ1) is 10.3. The van der Waals surface area contributed by atoms with Crippen molar-refractivity contribution in [1.29, 1.82) is 0 Å². The van der Waals surface area contributed by atoms with Gasteiger partial charge in [0.05, 0.1) is 0 Å². The van der Waals surface area contributed by atoms with Gasteiger partial charge in [0.15, 0.2) is 0 Å². The molecule has 2 saturated carbocycles. The third-order valence-electron chi connectivity index (χ3n) is 4.75. The molecule has 2 aliphatic carbocycles. The van der Waals surface area contributed by atoms with Crippen LogP contribution in [0, 0.1) is 6.92 Å². The van der Waals surface area contributed by atoms with E-state index < -0.39 is 0 Å². The van der Waals surface area contributed by atoms with Crippen LogP contribution in [0.25, 0.3) is 0 Å². The van der Waals surface area contributed by atoms with Gasteiger partial charge in [-0.05, 0) is 32.6 Å². The summed E-state index contributed by atoms with van der Waals surface area (Å²) in [5, 5.41) is 7.22. The average molecular weight is 288 g/mol. The van der Waals surface area contributed by atoms with Crippen molar-refractivity contribution in [3.63, 3.8) is 0 Å². The fourth-order valence-electron chi connectivity index (χ4n) is 3.63. The normalized spacial score (nSPS) is 21.2. The molecular formula is C17H28N4. The van der Waals surface area contributed by atoms with Gasteiger partial charge in [-0.2, -0.15) is 0 Å². The Bertz CT molecular complexity index is 410. The highest BCUT2D eigenvalue weighted by atomic mass is 15.1. The lowest BCUT2D eigenvalue weighted by molar-refractivity contribution is 0.460. The first-order valence-corrected chi connectivity index (χ1v) is 8.68. The Morgan fingerprint density at radius 1 is 0.762 bits per heavy atom. The Morgan fingerprint density at radius 3 is 1.62 bits per heavy atom. The summed E-state index contributed by atoms with van der Waals surface area (Å²) in [6.07, 6.45) is 13.2. The number of hydrogen-bond acceptors (Lipinski definition) is 4. The Hall–Kier alpha value is -1.32. The van der Waals surface area contributed by atoms with Crippen LogP contribution >= 0.6 is 0 Å². The highest BCUT2D eigenvalue weighted by Crippen LogP contribution is 2.24. The zero-order chi connectivity index (χ0) is 14.5. The van der Waals surface area contributed by atoms with Gasteiger partial charge in [-0.25, -0.2) is 9.97 Å². The second kappa shape index (κ2) is 7.10. The van der Waals surface area contributed by atoms with Crippen molar-refractivity contribution in [3.8, 4) is 0 Å². The van der Waals surface area contributed by atoms with Crippen LogP contribution in [-0.4, -0.2) is 22.1 Å². The van der Waals surface area contributed by atoms with E-state index in [0.717, 1.165) is 17.5 Å². The maximum Gasteiger partial charge on any atom is 0.132 e. The minimum atomic E-state index is 0.593. The first-order valence-electron chi connectivity index (χ1n) is 8.68. The highest BCUT2D eigenvalue weighted by molar-refractivity contribution is 5.48. The predicted molar refractivity (Wildman–Crippen MR) is 87.8 cm³/mol. The number of anilines is 2. The van der Waals surface area contributed by atoms with Crippen molar-refractivity contribution < 1.29 is 0 Å². The summed E-state index contributed by atoms with van der Waals surface area (Å²) in [4.78, 5) is 9.12. The minimum absolute atomic E-state index is 0.593. The summed E-state index contributed by atoms with van der Waals surface area (Å²) in [6.45, 7) is 1.98. The molecule has 0 bridgehead atoms. The molecule has 0 saturated heterocycles. The van der Waals surface area contributed by atoms with Crippen LogP contribution in [-0.2, 0) is 0 Å². The van der Waals surface area contributed by atoms with Crippen LogP contribution in [0.4, 0.5) is 11.6 Å². The van der Waals surface area contributed by atoms with Crippen LogP contribution in [0.1, 0.15) is 70.0 Å². The monoisotopic (exact) mass is 288 g/mol. The van der Waals surface area contributed by atoms with Crippen molar-refractivity contribution in [1.82, 2.24) is 9.97 Å². The van der Waals surface area contributed by atoms with E-state index in [0.29, 0.717) is 12.1 Å². The second-order valence-corrected chi connectivity index (χ2v) is 6.64. The van der Waals surface area contributed by atoms with Gasteiger partial charge in [0.25, 0.3) is 0 Å². The number of hydrogen-bond donors (Lipinski definition) is 2. The molecule has 2 N–H and O–H groups in total. The third kappa shape index (κ3) is 4.32. The molecule has 4 heteroatoms. The predicted octanol–water partition coefficient (Wildman–Crippen LogP) is 4.27. The van der Waals surface area contributed by atoms with Crippen molar-refractivity contribution in [2.75, 3.05) is 10.6 Å². The van der Waals surface area contributed by atoms with Crippen molar-refractivity contribution in [3.05, 3.63) is 11.9 Å². The molecule has 2 aliphatic rings. The zero-order valence-corrected chi connectivity index (χ0v) is 13.2. The number of aromatic nitrogens is 2. The fourth-order valence-corrected chi connectivity index (χ4v) is 3.63. The van der Waals surface area contributed by atoms with Gasteiger partial charge in [0.2, 0.25) is 0 Å². The molecule has 21 heavy (non-hydrogen) atoms. The quantitative estimate of drug-likeness (QED) is 0.868. The molecule has 1 heterocycles. The maximum absolute atomic E-state index is 4.56. The van der Waals surface area contributed by atoms with E-state index in [-0.39, 0.29) is 0 Å². The Labute approximate surface area is 128 Å². The van der Waals surface area contributed by atoms with E-state index in [1.54, 1.807) is 0 Å². The molecule has 0 amide bonds. The van der Waals surface area contributed by atoms with Gasteiger partial charge in [0.1, 0.15) is 17.5 Å². The largest absolute Gasteiger partial charge is 0.367 e. The lowest BCUT2D eigenvalue weighted by Crippen LogP contribution is -2.25. The Balaban J connectivity index is 1.63. The summed E-state index contributed by atoms with van der Waals surface area (Å²) in [5.74, 6) is 2.84. The van der Waals surface area contributed by atoms with Gasteiger partial charge in [0, 0.05) is 18.2 Å². The lowest BCUT2D eigenvalue weighted by atomic mass is 9.95. The molecule has 2 fully saturated rings. The molecule has 0 aromatic carbocycles. The van der Waals surface area contributed by atoms with E-state index in [2.05, 4.69) is 26.7 Å². The summed E-state index contributed by atoms with van der Waals surface area (Å²) >= 11 is 0. The molecule has 0 aliphatic heterocycles. The molecule has 0 spiro atoms. The van der Waals surface area contributed by atoms with Gasteiger partial charge < -0.3 is 10.6 Å². The lowest BCUT2D eigenvalue weighted by Gasteiger charge is -2.25. The van der Waals surface area contributed by atoms with E-state index in [1.807, 2.05) is 6.92 Å². The van der Waals surface area contributed by atoms with E-state index >= 15 is 0 Å². The first kappa shape index (κ1) is 14.6. The third-order valence-corrected chi connectivity index (χ3v) is 4.75. The average Bonchev–Trinajstić information content (AvgIpc) is 2.48. The molecule has 1 aromatic heterocycles. The molecule has 1 aromatic rings. The van der Waals surface area contributed by atoms with Crippen molar-refractivity contribution in [2.45, 2.75) is 83.2 Å². The number of rotatable bonds is 4. The van der Waals surface area contributed by atoms with Crippen LogP contribution in [0.2, 0.25) is 0 Å². The Kier molecular flexibility index (Phi) is 4.94. The molecule has 3 rings (SSSR count). The molecule has 0 atom stereocenters. The van der Waals surface area contributed by atoms with Crippen LogP contribution in [0.3, 0.4) is 0 Å². The molecule has 0 unspecified atom stereocenters. The summed E-state index contributed by atoms with van der Waals surface area (Å²) in [7, 11) is 0. The van der Waals surface area contributed by atoms with Crippen molar-refractivity contribution in [2.24, 2.45) is 0 Å². The molecule has 0 radical (unpaired) electrons. The zero-order valence-electron chi connectivity index (χ0n) is 13.2. The second-order valence-electron chi connectivity index (χ2n) is 6.64. The van der Waals surface area contributed by atoms with Crippen LogP contribution in [0.5, 0.6) is 0 Å². The number of nitrogens with one attached hydrogen (secondary N) is 2. The molecular weight excluding hydrogens is 260 g/mol. The highest BCUT2D eigenvalue weighted by Gasteiger charge is 2.16. The van der Waals surface area contributed by atoms with Gasteiger partial charge in [-0.15, -0.1) is 0 Å².